The molecule has 0 radical (unpaired) electrons. The summed E-state index contributed by atoms with van der Waals surface area (Å²) in [7, 11) is 0. The SMILES string of the molecule is CCCc1c(CSc2nnc(SCc3ccc(OC(C)C(=O)OCC)cc3)s2)ccc(C(C)=O)c1O. The number of hydrogen-bond donors (Lipinski definition) is 1. The van der Waals surface area contributed by atoms with E-state index in [-0.39, 0.29) is 17.5 Å². The summed E-state index contributed by atoms with van der Waals surface area (Å²) >= 11 is 4.71. The van der Waals surface area contributed by atoms with Gasteiger partial charge in [-0.2, -0.15) is 0 Å². The first kappa shape index (κ1) is 28.0. The Kier molecular flexibility index (Phi) is 10.6. The number of carbonyl (C=O) groups excluding carboxylic acids is 2. The summed E-state index contributed by atoms with van der Waals surface area (Å²) in [5.74, 6) is 1.57. The Labute approximate surface area is 224 Å². The maximum Gasteiger partial charge on any atom is 0.347 e. The Morgan fingerprint density at radius 2 is 1.69 bits per heavy atom. The van der Waals surface area contributed by atoms with E-state index in [1.165, 1.54) is 18.3 Å². The van der Waals surface area contributed by atoms with Crippen molar-refractivity contribution in [3.8, 4) is 11.5 Å². The molecule has 0 fully saturated rings. The molecular weight excluding hydrogens is 516 g/mol. The van der Waals surface area contributed by atoms with E-state index in [1.54, 1.807) is 43.4 Å². The maximum atomic E-state index is 11.8. The number of phenols is 1. The molecule has 7 nitrogen and oxygen atoms in total. The number of aromatic hydroxyl groups is 1. The molecule has 2 aromatic carbocycles. The number of phenolic OH excluding ortho intramolecular Hbond substituents is 1. The predicted octanol–water partition coefficient (Wildman–Crippen LogP) is 6.31. The Bertz CT molecular complexity index is 1180. The molecule has 3 aromatic rings. The molecule has 0 spiro atoms. The quantitative estimate of drug-likeness (QED) is 0.150. The second kappa shape index (κ2) is 13.7. The maximum absolute atomic E-state index is 11.8. The number of hydrogen-bond acceptors (Lipinski definition) is 10. The normalized spacial score (nSPS) is 11.8. The number of carbonyl (C=O) groups is 2. The van der Waals surface area contributed by atoms with Crippen LogP contribution < -0.4 is 4.74 Å². The molecule has 0 saturated carbocycles. The van der Waals surface area contributed by atoms with Gasteiger partial charge in [0.05, 0.1) is 12.2 Å². The first-order valence-corrected chi connectivity index (χ1v) is 14.5. The van der Waals surface area contributed by atoms with Crippen molar-refractivity contribution < 1.29 is 24.2 Å². The van der Waals surface area contributed by atoms with Crippen LogP contribution in [0.25, 0.3) is 0 Å². The van der Waals surface area contributed by atoms with Crippen LogP contribution in [0.4, 0.5) is 0 Å². The molecule has 1 unspecified atom stereocenters. The summed E-state index contributed by atoms with van der Waals surface area (Å²) in [6.45, 7) is 7.28. The molecular formula is C26H30N2O5S3. The zero-order valence-corrected chi connectivity index (χ0v) is 23.2. The van der Waals surface area contributed by atoms with Crippen LogP contribution >= 0.6 is 34.9 Å². The van der Waals surface area contributed by atoms with E-state index in [2.05, 4.69) is 17.1 Å². The third-order valence-electron chi connectivity index (χ3n) is 5.22. The van der Waals surface area contributed by atoms with E-state index in [9.17, 15) is 14.7 Å². The zero-order valence-electron chi connectivity index (χ0n) is 20.8. The average molecular weight is 547 g/mol. The van der Waals surface area contributed by atoms with Crippen molar-refractivity contribution in [1.29, 1.82) is 0 Å². The van der Waals surface area contributed by atoms with Crippen LogP contribution in [-0.2, 0) is 27.5 Å². The number of rotatable bonds is 13. The van der Waals surface area contributed by atoms with Crippen LogP contribution in [0.15, 0.2) is 45.1 Å². The molecule has 36 heavy (non-hydrogen) atoms. The second-order valence-corrected chi connectivity index (χ2v) is 11.4. The highest BCUT2D eigenvalue weighted by Crippen LogP contribution is 2.35. The fourth-order valence-corrected chi connectivity index (χ4v) is 6.40. The predicted molar refractivity (Wildman–Crippen MR) is 144 cm³/mol. The molecule has 1 N–H and O–H groups in total. The highest BCUT2D eigenvalue weighted by molar-refractivity contribution is 8.02. The Hall–Kier alpha value is -2.56. The summed E-state index contributed by atoms with van der Waals surface area (Å²) in [4.78, 5) is 23.5. The van der Waals surface area contributed by atoms with Crippen LogP contribution in [0.2, 0.25) is 0 Å². The summed E-state index contributed by atoms with van der Waals surface area (Å²) in [6, 6.07) is 11.2. The second-order valence-electron chi connectivity index (χ2n) is 7.97. The Balaban J connectivity index is 1.54. The van der Waals surface area contributed by atoms with Gasteiger partial charge in [0.2, 0.25) is 0 Å². The molecule has 3 rings (SSSR count). The summed E-state index contributed by atoms with van der Waals surface area (Å²) < 4.78 is 12.3. The number of aromatic nitrogens is 2. The van der Waals surface area contributed by atoms with Crippen molar-refractivity contribution in [2.75, 3.05) is 6.61 Å². The van der Waals surface area contributed by atoms with Crippen molar-refractivity contribution in [1.82, 2.24) is 10.2 Å². The third-order valence-corrected chi connectivity index (χ3v) is 8.53. The van der Waals surface area contributed by atoms with Crippen LogP contribution in [0.3, 0.4) is 0 Å². The van der Waals surface area contributed by atoms with Gasteiger partial charge < -0.3 is 14.6 Å². The van der Waals surface area contributed by atoms with Gasteiger partial charge in [-0.15, -0.1) is 10.2 Å². The van der Waals surface area contributed by atoms with E-state index in [1.807, 2.05) is 30.3 Å². The first-order chi connectivity index (χ1) is 17.3. The fourth-order valence-electron chi connectivity index (χ4n) is 3.40. The molecule has 10 heteroatoms. The van der Waals surface area contributed by atoms with Crippen molar-refractivity contribution in [3.05, 3.63) is 58.7 Å². The monoisotopic (exact) mass is 546 g/mol. The van der Waals surface area contributed by atoms with Crippen molar-refractivity contribution in [3.63, 3.8) is 0 Å². The molecule has 0 saturated heterocycles. The van der Waals surface area contributed by atoms with E-state index >= 15 is 0 Å². The molecule has 0 aliphatic carbocycles. The average Bonchev–Trinajstić information content (AvgIpc) is 3.31. The number of nitrogens with zero attached hydrogens (tertiary/aromatic N) is 2. The van der Waals surface area contributed by atoms with Gasteiger partial charge in [0.1, 0.15) is 11.5 Å². The molecule has 1 atom stereocenters. The van der Waals surface area contributed by atoms with Gasteiger partial charge in [0, 0.05) is 11.5 Å². The zero-order chi connectivity index (χ0) is 26.1. The van der Waals surface area contributed by atoms with E-state index in [0.29, 0.717) is 30.1 Å². The standard InChI is InChI=1S/C26H30N2O5S3/c1-5-7-22-19(10-13-21(16(3)29)23(22)30)15-35-26-28-27-25(36-26)34-14-18-8-11-20(12-9-18)33-17(4)24(31)32-6-2/h8-13,17,30H,5-7,14-15H2,1-4H3. The number of ketones is 1. The molecule has 1 heterocycles. The van der Waals surface area contributed by atoms with Gasteiger partial charge in [-0.25, -0.2) is 4.79 Å². The van der Waals surface area contributed by atoms with Gasteiger partial charge >= 0.3 is 5.97 Å². The minimum atomic E-state index is -0.656. The van der Waals surface area contributed by atoms with Crippen molar-refractivity contribution in [2.24, 2.45) is 0 Å². The lowest BCUT2D eigenvalue weighted by Gasteiger charge is -2.13. The van der Waals surface area contributed by atoms with Gasteiger partial charge in [-0.05, 0) is 62.1 Å². The van der Waals surface area contributed by atoms with E-state index in [4.69, 9.17) is 9.47 Å². The van der Waals surface area contributed by atoms with Gasteiger partial charge in [-0.3, -0.25) is 4.79 Å². The molecule has 192 valence electrons. The van der Waals surface area contributed by atoms with E-state index in [0.717, 1.165) is 37.5 Å². The van der Waals surface area contributed by atoms with Crippen LogP contribution in [0.1, 0.15) is 61.2 Å². The van der Waals surface area contributed by atoms with Gasteiger partial charge in [0.25, 0.3) is 0 Å². The van der Waals surface area contributed by atoms with Gasteiger partial charge in [0.15, 0.2) is 20.6 Å². The lowest BCUT2D eigenvalue weighted by molar-refractivity contribution is -0.150. The van der Waals surface area contributed by atoms with Crippen LogP contribution in [-0.4, -0.2) is 39.8 Å². The van der Waals surface area contributed by atoms with Crippen LogP contribution in [0.5, 0.6) is 11.5 Å². The smallest absolute Gasteiger partial charge is 0.347 e. The highest BCUT2D eigenvalue weighted by atomic mass is 32.2. The Morgan fingerprint density at radius 3 is 2.31 bits per heavy atom. The summed E-state index contributed by atoms with van der Waals surface area (Å²) in [5.41, 5.74) is 3.31. The number of benzene rings is 2. The number of Topliss-reactive ketones (excluding diaryl/α,β-unsaturated/α-hetero) is 1. The molecule has 1 aromatic heterocycles. The van der Waals surface area contributed by atoms with Crippen molar-refractivity contribution in [2.45, 2.75) is 66.8 Å². The molecule has 0 amide bonds. The van der Waals surface area contributed by atoms with Crippen LogP contribution in [0, 0.1) is 0 Å². The lowest BCUT2D eigenvalue weighted by Crippen LogP contribution is -2.26. The largest absolute Gasteiger partial charge is 0.507 e. The highest BCUT2D eigenvalue weighted by Gasteiger charge is 2.17. The summed E-state index contributed by atoms with van der Waals surface area (Å²) in [5, 5.41) is 19.2. The lowest BCUT2D eigenvalue weighted by atomic mass is 9.98. The minimum absolute atomic E-state index is 0.0997. The summed E-state index contributed by atoms with van der Waals surface area (Å²) in [6.07, 6.45) is 0.937. The topological polar surface area (TPSA) is 98.6 Å². The first-order valence-electron chi connectivity index (χ1n) is 11.7. The number of ether oxygens (including phenoxy) is 2. The van der Waals surface area contributed by atoms with E-state index < -0.39 is 6.10 Å². The fraction of sp³-hybridized carbons (Fsp3) is 0.385. The molecule has 0 bridgehead atoms. The molecule has 0 aliphatic heterocycles. The van der Waals surface area contributed by atoms with Crippen molar-refractivity contribution >= 4 is 46.6 Å². The minimum Gasteiger partial charge on any atom is -0.507 e. The third kappa shape index (κ3) is 7.72. The number of thioether (sulfide) groups is 2. The molecule has 0 aliphatic rings. The Morgan fingerprint density at radius 1 is 1.03 bits per heavy atom. The van der Waals surface area contributed by atoms with Gasteiger partial charge in [-0.1, -0.05) is 66.4 Å². The number of esters is 1.